The molecule has 176 valence electrons. The highest BCUT2D eigenvalue weighted by Crippen LogP contribution is 2.46. The van der Waals surface area contributed by atoms with Gasteiger partial charge in [0.25, 0.3) is 0 Å². The van der Waals surface area contributed by atoms with Gasteiger partial charge in [-0.15, -0.1) is 0 Å². The fraction of sp³-hybridized carbons (Fsp3) is 0.640. The van der Waals surface area contributed by atoms with Crippen LogP contribution in [0, 0.1) is 0 Å². The van der Waals surface area contributed by atoms with Gasteiger partial charge < -0.3 is 19.9 Å². The number of aromatic nitrogens is 2. The van der Waals surface area contributed by atoms with E-state index in [0.717, 1.165) is 52.4 Å². The fourth-order valence-corrected chi connectivity index (χ4v) is 5.18. The summed E-state index contributed by atoms with van der Waals surface area (Å²) in [5, 5.41) is 8.05. The summed E-state index contributed by atoms with van der Waals surface area (Å²) in [6, 6.07) is 10.2. The molecule has 1 aromatic heterocycles. The molecule has 2 unspecified atom stereocenters. The molecule has 2 aliphatic rings. The van der Waals surface area contributed by atoms with E-state index in [0.29, 0.717) is 18.1 Å². The molecular formula is C25H40N6O. The predicted octanol–water partition coefficient (Wildman–Crippen LogP) is 3.07. The summed E-state index contributed by atoms with van der Waals surface area (Å²) in [5.41, 5.74) is 4.13. The molecule has 0 amide bonds. The third kappa shape index (κ3) is 4.86. The van der Waals surface area contributed by atoms with Crippen molar-refractivity contribution in [1.82, 2.24) is 24.9 Å². The first-order valence-electron chi connectivity index (χ1n) is 12.0. The minimum absolute atomic E-state index is 0.326. The van der Waals surface area contributed by atoms with Crippen LogP contribution in [0.4, 0.5) is 5.82 Å². The average Bonchev–Trinajstić information content (AvgIpc) is 3.25. The molecule has 0 aliphatic carbocycles. The van der Waals surface area contributed by atoms with E-state index in [-0.39, 0.29) is 0 Å². The standard InChI is InChI=1S/C25H40N6O/c1-19(2)31-25-22(17-27-31)24(30-11-13-32-14-12-30)16-23(29(25)5)21-8-6-7-20(15-21)18-28(4)10-9-26-3/h6-8,15,17,19,23-24,26H,9-14,16,18H2,1-5H3. The van der Waals surface area contributed by atoms with E-state index in [2.05, 4.69) is 83.1 Å². The quantitative estimate of drug-likeness (QED) is 0.681. The molecule has 1 aromatic carbocycles. The zero-order chi connectivity index (χ0) is 22.7. The summed E-state index contributed by atoms with van der Waals surface area (Å²) in [7, 11) is 6.44. The average molecular weight is 441 g/mol. The number of hydrogen-bond donors (Lipinski definition) is 1. The van der Waals surface area contributed by atoms with Crippen LogP contribution < -0.4 is 10.2 Å². The number of likely N-dealkylation sites (N-methyl/N-ethyl adjacent to an activating group) is 2. The topological polar surface area (TPSA) is 48.8 Å². The monoisotopic (exact) mass is 440 g/mol. The number of fused-ring (bicyclic) bond motifs is 1. The van der Waals surface area contributed by atoms with Crippen LogP contribution in [0.3, 0.4) is 0 Å². The van der Waals surface area contributed by atoms with Gasteiger partial charge in [0.05, 0.1) is 25.5 Å². The molecule has 1 fully saturated rings. The van der Waals surface area contributed by atoms with Crippen molar-refractivity contribution in [2.75, 3.05) is 65.4 Å². The molecule has 1 N–H and O–H groups in total. The van der Waals surface area contributed by atoms with Crippen molar-refractivity contribution in [1.29, 1.82) is 0 Å². The van der Waals surface area contributed by atoms with Gasteiger partial charge in [-0.3, -0.25) is 4.90 Å². The van der Waals surface area contributed by atoms with Crippen molar-refractivity contribution in [3.05, 3.63) is 47.2 Å². The third-order valence-corrected chi connectivity index (χ3v) is 6.91. The van der Waals surface area contributed by atoms with Crippen LogP contribution in [0.25, 0.3) is 0 Å². The molecule has 32 heavy (non-hydrogen) atoms. The highest BCUT2D eigenvalue weighted by Gasteiger charge is 2.38. The maximum atomic E-state index is 5.65. The van der Waals surface area contributed by atoms with Crippen LogP contribution >= 0.6 is 0 Å². The van der Waals surface area contributed by atoms with Gasteiger partial charge in [0.2, 0.25) is 0 Å². The lowest BCUT2D eigenvalue weighted by atomic mass is 9.88. The number of benzene rings is 1. The van der Waals surface area contributed by atoms with Crippen LogP contribution in [0.5, 0.6) is 0 Å². The number of nitrogens with zero attached hydrogens (tertiary/aromatic N) is 5. The Morgan fingerprint density at radius 2 is 2.00 bits per heavy atom. The fourth-order valence-electron chi connectivity index (χ4n) is 5.18. The molecule has 0 spiro atoms. The molecule has 7 nitrogen and oxygen atoms in total. The summed E-state index contributed by atoms with van der Waals surface area (Å²) < 4.78 is 7.85. The summed E-state index contributed by atoms with van der Waals surface area (Å²) in [4.78, 5) is 7.44. The first-order valence-corrected chi connectivity index (χ1v) is 12.0. The second-order valence-corrected chi connectivity index (χ2v) is 9.57. The first-order chi connectivity index (χ1) is 15.5. The van der Waals surface area contributed by atoms with E-state index in [1.165, 1.54) is 22.5 Å². The number of ether oxygens (including phenoxy) is 1. The van der Waals surface area contributed by atoms with Crippen LogP contribution in [-0.2, 0) is 11.3 Å². The molecule has 2 aliphatic heterocycles. The highest BCUT2D eigenvalue weighted by molar-refractivity contribution is 5.54. The molecule has 0 saturated carbocycles. The minimum Gasteiger partial charge on any atom is -0.379 e. The minimum atomic E-state index is 0.326. The summed E-state index contributed by atoms with van der Waals surface area (Å²) in [5.74, 6) is 1.27. The van der Waals surface area contributed by atoms with Gasteiger partial charge in [0, 0.05) is 57.4 Å². The predicted molar refractivity (Wildman–Crippen MR) is 130 cm³/mol. The highest BCUT2D eigenvalue weighted by atomic mass is 16.5. The maximum absolute atomic E-state index is 5.65. The van der Waals surface area contributed by atoms with Crippen LogP contribution in [0.2, 0.25) is 0 Å². The van der Waals surface area contributed by atoms with E-state index in [1.54, 1.807) is 0 Å². The molecule has 4 rings (SSSR count). The van der Waals surface area contributed by atoms with E-state index < -0.39 is 0 Å². The smallest absolute Gasteiger partial charge is 0.132 e. The van der Waals surface area contributed by atoms with Gasteiger partial charge in [-0.25, -0.2) is 4.68 Å². The van der Waals surface area contributed by atoms with Gasteiger partial charge in [-0.1, -0.05) is 24.3 Å². The summed E-state index contributed by atoms with van der Waals surface area (Å²) >= 11 is 0. The third-order valence-electron chi connectivity index (χ3n) is 6.91. The van der Waals surface area contributed by atoms with Crippen molar-refractivity contribution < 1.29 is 4.74 Å². The number of hydrogen-bond acceptors (Lipinski definition) is 6. The zero-order valence-electron chi connectivity index (χ0n) is 20.4. The van der Waals surface area contributed by atoms with Crippen molar-refractivity contribution in [2.45, 2.75) is 44.9 Å². The Morgan fingerprint density at radius 3 is 2.72 bits per heavy atom. The van der Waals surface area contributed by atoms with Crippen molar-refractivity contribution in [2.24, 2.45) is 0 Å². The van der Waals surface area contributed by atoms with Crippen molar-refractivity contribution in [3.63, 3.8) is 0 Å². The molecule has 0 radical (unpaired) electrons. The lowest BCUT2D eigenvalue weighted by molar-refractivity contribution is 0.0114. The van der Waals surface area contributed by atoms with Crippen molar-refractivity contribution in [3.8, 4) is 0 Å². The number of rotatable bonds is 8. The second kappa shape index (κ2) is 10.3. The van der Waals surface area contributed by atoms with E-state index in [1.807, 2.05) is 7.05 Å². The summed E-state index contributed by atoms with van der Waals surface area (Å²) in [6.45, 7) is 11.1. The second-order valence-electron chi connectivity index (χ2n) is 9.57. The molecule has 3 heterocycles. The Kier molecular flexibility index (Phi) is 7.51. The van der Waals surface area contributed by atoms with Crippen LogP contribution in [-0.4, -0.2) is 80.1 Å². The van der Waals surface area contributed by atoms with Crippen LogP contribution in [0.15, 0.2) is 30.5 Å². The lowest BCUT2D eigenvalue weighted by Gasteiger charge is -2.44. The summed E-state index contributed by atoms with van der Waals surface area (Å²) in [6.07, 6.45) is 3.18. The SMILES string of the molecule is CNCCN(C)Cc1cccc(C2CC(N3CCOCC3)c3cnn(C(C)C)c3N2C)c1. The molecule has 2 atom stereocenters. The molecule has 7 heteroatoms. The molecule has 1 saturated heterocycles. The van der Waals surface area contributed by atoms with Gasteiger partial charge in [-0.2, -0.15) is 5.10 Å². The Bertz CT molecular complexity index is 875. The molecular weight excluding hydrogens is 400 g/mol. The molecule has 2 aromatic rings. The Hall–Kier alpha value is -1.93. The number of anilines is 1. The maximum Gasteiger partial charge on any atom is 0.132 e. The largest absolute Gasteiger partial charge is 0.379 e. The number of nitrogens with one attached hydrogen (secondary N) is 1. The van der Waals surface area contributed by atoms with E-state index >= 15 is 0 Å². The van der Waals surface area contributed by atoms with Gasteiger partial charge >= 0.3 is 0 Å². The lowest BCUT2D eigenvalue weighted by Crippen LogP contribution is -2.43. The first kappa shape index (κ1) is 23.2. The Labute approximate surface area is 193 Å². The van der Waals surface area contributed by atoms with Gasteiger partial charge in [0.15, 0.2) is 0 Å². The normalized spacial score (nSPS) is 22.0. The van der Waals surface area contributed by atoms with Gasteiger partial charge in [-0.05, 0) is 45.5 Å². The van der Waals surface area contributed by atoms with Crippen LogP contribution in [0.1, 0.15) is 55.1 Å². The van der Waals surface area contributed by atoms with E-state index in [4.69, 9.17) is 9.84 Å². The zero-order valence-corrected chi connectivity index (χ0v) is 20.4. The number of morpholine rings is 1. The molecule has 0 bridgehead atoms. The van der Waals surface area contributed by atoms with Crippen molar-refractivity contribution >= 4 is 5.82 Å². The Balaban J connectivity index is 1.64. The Morgan fingerprint density at radius 1 is 1.22 bits per heavy atom. The van der Waals surface area contributed by atoms with E-state index in [9.17, 15) is 0 Å². The van der Waals surface area contributed by atoms with Gasteiger partial charge in [0.1, 0.15) is 5.82 Å².